The molecule has 2 atom stereocenters. The van der Waals surface area contributed by atoms with E-state index in [0.29, 0.717) is 61.9 Å². The molecule has 6 rings (SSSR count). The molecular formula is C31H36N4O6. The van der Waals surface area contributed by atoms with Crippen LogP contribution < -0.4 is 29.6 Å². The largest absolute Gasteiger partial charge is 0.496 e. The van der Waals surface area contributed by atoms with Gasteiger partial charge < -0.3 is 29.6 Å². The number of nitrogens with zero attached hydrogens (tertiary/aromatic N) is 2. The molecule has 0 saturated carbocycles. The highest BCUT2D eigenvalue weighted by Crippen LogP contribution is 2.30. The van der Waals surface area contributed by atoms with E-state index in [0.717, 1.165) is 23.4 Å². The first-order chi connectivity index (χ1) is 20.0. The topological polar surface area (TPSA) is 111 Å². The summed E-state index contributed by atoms with van der Waals surface area (Å²) < 4.78 is 23.4. The van der Waals surface area contributed by atoms with Gasteiger partial charge in [-0.15, -0.1) is 0 Å². The molecule has 2 amide bonds. The molecule has 2 N–H and O–H groups in total. The highest BCUT2D eigenvalue weighted by atomic mass is 16.5. The van der Waals surface area contributed by atoms with Gasteiger partial charge in [0, 0.05) is 50.4 Å². The smallest absolute Gasteiger partial charge is 0.258 e. The third-order valence-corrected chi connectivity index (χ3v) is 7.34. The van der Waals surface area contributed by atoms with Crippen molar-refractivity contribution in [3.05, 3.63) is 77.6 Å². The van der Waals surface area contributed by atoms with Crippen LogP contribution in [0, 0.1) is 0 Å². The maximum atomic E-state index is 13.2. The van der Waals surface area contributed by atoms with Gasteiger partial charge in [-0.05, 0) is 54.8 Å². The summed E-state index contributed by atoms with van der Waals surface area (Å²) in [6.45, 7) is 2.20. The molecule has 0 aliphatic carbocycles. The normalized spacial score (nSPS) is 20.1. The molecule has 4 bridgehead atoms. The van der Waals surface area contributed by atoms with E-state index in [-0.39, 0.29) is 30.6 Å². The molecule has 0 spiro atoms. The van der Waals surface area contributed by atoms with E-state index in [1.165, 1.54) is 0 Å². The van der Waals surface area contributed by atoms with Gasteiger partial charge in [-0.25, -0.2) is 0 Å². The zero-order chi connectivity index (χ0) is 28.6. The van der Waals surface area contributed by atoms with Crippen LogP contribution >= 0.6 is 0 Å². The Hall–Kier alpha value is -4.31. The van der Waals surface area contributed by atoms with Gasteiger partial charge >= 0.3 is 0 Å². The van der Waals surface area contributed by atoms with E-state index < -0.39 is 0 Å². The molecule has 0 radical (unpaired) electrons. The lowest BCUT2D eigenvalue weighted by Gasteiger charge is -2.38. The molecule has 41 heavy (non-hydrogen) atoms. The molecule has 3 aliphatic heterocycles. The maximum absolute atomic E-state index is 13.2. The van der Waals surface area contributed by atoms with E-state index >= 15 is 0 Å². The second-order valence-electron chi connectivity index (χ2n) is 10.2. The fraction of sp³-hybridized carbons (Fsp3) is 0.387. The number of fused-ring (bicyclic) bond motifs is 9. The SMILES string of the molecule is COc1cc2ccc1CNC(=O)CCc1ccc(OC)c(c1)OCC(=O)N[C@@H]1CN(Cc3ccccn3)CC[C@@H]1O2. The molecule has 4 heterocycles. The second kappa shape index (κ2) is 13.4. The number of aryl methyl sites for hydroxylation is 1. The molecule has 0 unspecified atom stereocenters. The molecular weight excluding hydrogens is 524 g/mol. The van der Waals surface area contributed by atoms with Gasteiger partial charge in [0.05, 0.1) is 26.0 Å². The molecule has 1 aromatic heterocycles. The van der Waals surface area contributed by atoms with Crippen LogP contribution in [0.1, 0.15) is 29.7 Å². The average Bonchev–Trinajstić information content (AvgIpc) is 2.99. The third kappa shape index (κ3) is 7.46. The summed E-state index contributed by atoms with van der Waals surface area (Å²) in [6.07, 6.45) is 3.03. The number of hydrogen-bond donors (Lipinski definition) is 2. The Labute approximate surface area is 239 Å². The summed E-state index contributed by atoms with van der Waals surface area (Å²) in [6, 6.07) is 16.7. The molecule has 1 saturated heterocycles. The highest BCUT2D eigenvalue weighted by Gasteiger charge is 2.32. The number of pyridine rings is 1. The molecule has 2 aromatic carbocycles. The van der Waals surface area contributed by atoms with Gasteiger partial charge in [0.2, 0.25) is 5.91 Å². The standard InChI is InChI=1S/C31H36N4O6/c1-38-27-10-6-21-7-11-30(36)33-17-22-8-9-24(16-28(22)39-2)41-26-12-14-35(18-23-5-3-4-13-32-23)19-25(26)34-31(37)20-40-29(27)15-21/h3-6,8-10,13,15-16,25-26H,7,11-12,14,17-20H2,1-2H3,(H,33,36)(H,34,37)/t25-,26+/m1/s1. The molecule has 3 aliphatic rings. The van der Waals surface area contributed by atoms with E-state index in [1.807, 2.05) is 48.5 Å². The Bertz CT molecular complexity index is 1350. The van der Waals surface area contributed by atoms with E-state index in [2.05, 4.69) is 20.5 Å². The monoisotopic (exact) mass is 560 g/mol. The number of likely N-dealkylation sites (tertiary alicyclic amines) is 1. The van der Waals surface area contributed by atoms with Crippen LogP contribution in [0.4, 0.5) is 0 Å². The van der Waals surface area contributed by atoms with E-state index in [1.54, 1.807) is 26.5 Å². The average molecular weight is 561 g/mol. The van der Waals surface area contributed by atoms with Crippen LogP contribution in [0.15, 0.2) is 60.8 Å². The van der Waals surface area contributed by atoms with Crippen molar-refractivity contribution >= 4 is 11.8 Å². The van der Waals surface area contributed by atoms with Crippen molar-refractivity contribution in [3.8, 4) is 23.0 Å². The van der Waals surface area contributed by atoms with E-state index in [9.17, 15) is 9.59 Å². The van der Waals surface area contributed by atoms with Gasteiger partial charge in [0.15, 0.2) is 18.1 Å². The molecule has 216 valence electrons. The fourth-order valence-corrected chi connectivity index (χ4v) is 5.18. The van der Waals surface area contributed by atoms with Crippen molar-refractivity contribution < 1.29 is 28.5 Å². The van der Waals surface area contributed by atoms with Gasteiger partial charge in [-0.3, -0.25) is 19.5 Å². The van der Waals surface area contributed by atoms with Gasteiger partial charge in [0.1, 0.15) is 17.6 Å². The van der Waals surface area contributed by atoms with Crippen LogP contribution in [-0.4, -0.2) is 67.8 Å². The van der Waals surface area contributed by atoms with E-state index in [4.69, 9.17) is 18.9 Å². The number of methoxy groups -OCH3 is 2. The quantitative estimate of drug-likeness (QED) is 0.501. The first-order valence-electron chi connectivity index (χ1n) is 13.8. The summed E-state index contributed by atoms with van der Waals surface area (Å²) in [5.74, 6) is 1.89. The van der Waals surface area contributed by atoms with Gasteiger partial charge in [-0.1, -0.05) is 12.1 Å². The molecule has 10 heteroatoms. The molecule has 10 nitrogen and oxygen atoms in total. The van der Waals surface area contributed by atoms with Crippen molar-refractivity contribution in [2.24, 2.45) is 0 Å². The Morgan fingerprint density at radius 2 is 1.88 bits per heavy atom. The van der Waals surface area contributed by atoms with Crippen molar-refractivity contribution in [1.29, 1.82) is 0 Å². The summed E-state index contributed by atoms with van der Waals surface area (Å²) in [7, 11) is 3.15. The Morgan fingerprint density at radius 3 is 2.68 bits per heavy atom. The lowest BCUT2D eigenvalue weighted by atomic mass is 10.0. The number of nitrogens with one attached hydrogen (secondary N) is 2. The minimum atomic E-state index is -0.288. The van der Waals surface area contributed by atoms with Crippen molar-refractivity contribution in [1.82, 2.24) is 20.5 Å². The number of piperidine rings is 1. The van der Waals surface area contributed by atoms with Crippen LogP contribution in [-0.2, 0) is 29.1 Å². The summed E-state index contributed by atoms with van der Waals surface area (Å²) in [4.78, 5) is 32.5. The van der Waals surface area contributed by atoms with Crippen molar-refractivity contribution in [3.63, 3.8) is 0 Å². The Balaban J connectivity index is 1.40. The zero-order valence-electron chi connectivity index (χ0n) is 23.4. The number of ether oxygens (including phenoxy) is 4. The Morgan fingerprint density at radius 1 is 1.00 bits per heavy atom. The summed E-state index contributed by atoms with van der Waals surface area (Å²) in [5, 5.41) is 6.12. The summed E-state index contributed by atoms with van der Waals surface area (Å²) >= 11 is 0. The third-order valence-electron chi connectivity index (χ3n) is 7.34. The molecule has 1 fully saturated rings. The predicted molar refractivity (Wildman–Crippen MR) is 152 cm³/mol. The van der Waals surface area contributed by atoms with Crippen molar-refractivity contribution in [2.45, 2.75) is 44.5 Å². The number of carbonyl (C=O) groups excluding carboxylic acids is 2. The summed E-state index contributed by atoms with van der Waals surface area (Å²) in [5.41, 5.74) is 2.72. The predicted octanol–water partition coefficient (Wildman–Crippen LogP) is 2.88. The lowest BCUT2D eigenvalue weighted by molar-refractivity contribution is -0.125. The zero-order valence-corrected chi connectivity index (χ0v) is 23.4. The Kier molecular flexibility index (Phi) is 9.20. The second-order valence-corrected chi connectivity index (χ2v) is 10.2. The number of amides is 2. The van der Waals surface area contributed by atoms with Crippen molar-refractivity contribution in [2.75, 3.05) is 33.9 Å². The van der Waals surface area contributed by atoms with Gasteiger partial charge in [0.25, 0.3) is 5.91 Å². The number of hydrogen-bond acceptors (Lipinski definition) is 8. The minimum absolute atomic E-state index is 0.0803. The highest BCUT2D eigenvalue weighted by molar-refractivity contribution is 5.78. The fourth-order valence-electron chi connectivity index (χ4n) is 5.18. The number of benzene rings is 2. The molecule has 3 aromatic rings. The first kappa shape index (κ1) is 28.2. The number of aromatic nitrogens is 1. The van der Waals surface area contributed by atoms with Crippen LogP contribution in [0.5, 0.6) is 23.0 Å². The van der Waals surface area contributed by atoms with Gasteiger partial charge in [-0.2, -0.15) is 0 Å². The number of rotatable bonds is 4. The maximum Gasteiger partial charge on any atom is 0.258 e. The lowest BCUT2D eigenvalue weighted by Crippen LogP contribution is -2.57. The van der Waals surface area contributed by atoms with Crippen LogP contribution in [0.3, 0.4) is 0 Å². The minimum Gasteiger partial charge on any atom is -0.496 e. The van der Waals surface area contributed by atoms with Crippen LogP contribution in [0.25, 0.3) is 0 Å². The first-order valence-corrected chi connectivity index (χ1v) is 13.8. The number of carbonyl (C=O) groups is 2. The van der Waals surface area contributed by atoms with Crippen LogP contribution in [0.2, 0.25) is 0 Å².